The minimum absolute atomic E-state index is 0.0769. The summed E-state index contributed by atoms with van der Waals surface area (Å²) in [5.41, 5.74) is 0.0868. The van der Waals surface area contributed by atoms with Gasteiger partial charge in [-0.15, -0.1) is 0 Å². The molecular formula is C7H4ClN2O2+. The third-order valence-corrected chi connectivity index (χ3v) is 1.63. The monoisotopic (exact) mass is 183 g/mol. The van der Waals surface area contributed by atoms with E-state index in [-0.39, 0.29) is 16.3 Å². The second kappa shape index (κ2) is 3.20. The molecule has 0 atom stereocenters. The van der Waals surface area contributed by atoms with Gasteiger partial charge in [0.15, 0.2) is 4.98 Å². The fraction of sp³-hybridized carbons (Fsp3) is 0. The predicted molar refractivity (Wildman–Crippen MR) is 43.2 cm³/mol. The van der Waals surface area contributed by atoms with Crippen LogP contribution >= 0.6 is 11.6 Å². The molecule has 1 aromatic carbocycles. The van der Waals surface area contributed by atoms with Gasteiger partial charge in [-0.3, -0.25) is 0 Å². The van der Waals surface area contributed by atoms with Gasteiger partial charge in [-0.25, -0.2) is 4.79 Å². The molecule has 4 nitrogen and oxygen atoms in total. The van der Waals surface area contributed by atoms with Gasteiger partial charge in [0.2, 0.25) is 5.39 Å². The highest BCUT2D eigenvalue weighted by Crippen LogP contribution is 2.22. The lowest BCUT2D eigenvalue weighted by atomic mass is 10.2. The van der Waals surface area contributed by atoms with Crippen LogP contribution in [-0.2, 0) is 0 Å². The summed E-state index contributed by atoms with van der Waals surface area (Å²) in [6, 6.07) is 3.96. The normalized spacial score (nSPS) is 9.00. The van der Waals surface area contributed by atoms with Gasteiger partial charge in [0.1, 0.15) is 0 Å². The Labute approximate surface area is 73.0 Å². The molecule has 1 N–H and O–H groups in total. The predicted octanol–water partition coefficient (Wildman–Crippen LogP) is 2.52. The summed E-state index contributed by atoms with van der Waals surface area (Å²) < 4.78 is 0. The molecule has 0 spiro atoms. The van der Waals surface area contributed by atoms with E-state index in [1.54, 1.807) is 0 Å². The lowest BCUT2D eigenvalue weighted by Gasteiger charge is -1.92. The first-order valence-corrected chi connectivity index (χ1v) is 3.41. The summed E-state index contributed by atoms with van der Waals surface area (Å²) in [5.74, 6) is -1.15. The van der Waals surface area contributed by atoms with E-state index in [9.17, 15) is 4.79 Å². The van der Waals surface area contributed by atoms with Crippen LogP contribution in [0.2, 0.25) is 5.02 Å². The molecule has 0 aliphatic rings. The summed E-state index contributed by atoms with van der Waals surface area (Å²) in [4.78, 5) is 13.3. The zero-order valence-electron chi connectivity index (χ0n) is 5.86. The van der Waals surface area contributed by atoms with E-state index in [4.69, 9.17) is 22.1 Å². The lowest BCUT2D eigenvalue weighted by Crippen LogP contribution is -1.96. The number of halogens is 1. The first-order chi connectivity index (χ1) is 5.65. The second-order valence-corrected chi connectivity index (χ2v) is 2.48. The van der Waals surface area contributed by atoms with Crippen molar-refractivity contribution in [3.63, 3.8) is 0 Å². The van der Waals surface area contributed by atoms with Crippen LogP contribution in [-0.4, -0.2) is 11.1 Å². The molecule has 0 heterocycles. The molecule has 0 saturated carbocycles. The largest absolute Gasteiger partial charge is 0.478 e. The summed E-state index contributed by atoms with van der Waals surface area (Å²) in [6.07, 6.45) is 0. The van der Waals surface area contributed by atoms with Gasteiger partial charge in [0.25, 0.3) is 0 Å². The van der Waals surface area contributed by atoms with E-state index >= 15 is 0 Å². The maximum absolute atomic E-state index is 10.5. The Kier molecular flexibility index (Phi) is 2.26. The van der Waals surface area contributed by atoms with E-state index in [2.05, 4.69) is 4.98 Å². The molecular weight excluding hydrogens is 180 g/mol. The van der Waals surface area contributed by atoms with Crippen molar-refractivity contribution >= 4 is 23.3 Å². The van der Waals surface area contributed by atoms with Crippen LogP contribution in [0, 0.1) is 5.39 Å². The molecule has 0 bridgehead atoms. The van der Waals surface area contributed by atoms with Crippen molar-refractivity contribution < 1.29 is 9.90 Å². The molecule has 0 amide bonds. The van der Waals surface area contributed by atoms with Crippen LogP contribution in [0.15, 0.2) is 18.2 Å². The van der Waals surface area contributed by atoms with Gasteiger partial charge in [0.05, 0.1) is 10.6 Å². The molecule has 0 unspecified atom stereocenters. The van der Waals surface area contributed by atoms with Crippen molar-refractivity contribution in [1.29, 1.82) is 5.39 Å². The third kappa shape index (κ3) is 1.52. The Bertz CT molecular complexity index is 370. The number of carboxylic acid groups (broad SMARTS) is 1. The maximum atomic E-state index is 10.5. The summed E-state index contributed by atoms with van der Waals surface area (Å²) in [7, 11) is 0. The summed E-state index contributed by atoms with van der Waals surface area (Å²) >= 11 is 5.54. The zero-order chi connectivity index (χ0) is 9.14. The molecule has 1 rings (SSSR count). The number of nitrogens with zero attached hydrogens (tertiary/aromatic N) is 2. The minimum Gasteiger partial charge on any atom is -0.478 e. The Hall–Kier alpha value is -1.60. The van der Waals surface area contributed by atoms with Crippen LogP contribution in [0.5, 0.6) is 0 Å². The van der Waals surface area contributed by atoms with Crippen LogP contribution in [0.1, 0.15) is 10.4 Å². The highest BCUT2D eigenvalue weighted by atomic mass is 35.5. The quantitative estimate of drug-likeness (QED) is 0.681. The number of diazo groups is 1. The molecule has 0 radical (unpaired) electrons. The molecule has 60 valence electrons. The van der Waals surface area contributed by atoms with Crippen LogP contribution < -0.4 is 0 Å². The number of carboxylic acids is 1. The first-order valence-electron chi connectivity index (χ1n) is 3.03. The first kappa shape index (κ1) is 8.50. The van der Waals surface area contributed by atoms with Crippen molar-refractivity contribution in [3.05, 3.63) is 33.8 Å². The molecule has 12 heavy (non-hydrogen) atoms. The zero-order valence-corrected chi connectivity index (χ0v) is 6.62. The van der Waals surface area contributed by atoms with Gasteiger partial charge in [-0.05, 0) is 6.07 Å². The number of hydrogen-bond acceptors (Lipinski definition) is 2. The lowest BCUT2D eigenvalue weighted by molar-refractivity contribution is 0.0697. The van der Waals surface area contributed by atoms with Gasteiger partial charge >= 0.3 is 11.7 Å². The highest BCUT2D eigenvalue weighted by Gasteiger charge is 2.14. The standard InChI is InChI=1S/C7H3ClN2O2/c8-6-2-1-4(10-9)3-5(6)7(11)12/h1-3H/p+1. The fourth-order valence-electron chi connectivity index (χ4n) is 0.739. The topological polar surface area (TPSA) is 65.5 Å². The number of benzene rings is 1. The minimum atomic E-state index is -1.15. The fourth-order valence-corrected chi connectivity index (χ4v) is 0.938. The number of carbonyl (C=O) groups is 1. The third-order valence-electron chi connectivity index (χ3n) is 1.30. The van der Waals surface area contributed by atoms with Gasteiger partial charge < -0.3 is 5.11 Å². The Morgan fingerprint density at radius 1 is 1.58 bits per heavy atom. The Morgan fingerprint density at radius 3 is 2.75 bits per heavy atom. The Balaban J connectivity index is 3.28. The molecule has 1 aromatic rings. The van der Waals surface area contributed by atoms with E-state index in [1.807, 2.05) is 0 Å². The number of hydrogen-bond donors (Lipinski definition) is 1. The van der Waals surface area contributed by atoms with E-state index in [0.29, 0.717) is 0 Å². The summed E-state index contributed by atoms with van der Waals surface area (Å²) in [5, 5.41) is 17.0. The average Bonchev–Trinajstić information content (AvgIpc) is 2.05. The second-order valence-electron chi connectivity index (χ2n) is 2.07. The Morgan fingerprint density at radius 2 is 2.25 bits per heavy atom. The molecule has 0 aliphatic heterocycles. The molecule has 0 saturated heterocycles. The van der Waals surface area contributed by atoms with Crippen molar-refractivity contribution in [2.45, 2.75) is 0 Å². The van der Waals surface area contributed by atoms with E-state index in [1.165, 1.54) is 18.2 Å². The highest BCUT2D eigenvalue weighted by molar-refractivity contribution is 6.33. The van der Waals surface area contributed by atoms with Gasteiger partial charge in [0, 0.05) is 12.1 Å². The molecule has 0 fully saturated rings. The van der Waals surface area contributed by atoms with E-state index < -0.39 is 5.97 Å². The van der Waals surface area contributed by atoms with Gasteiger partial charge in [-0.2, -0.15) is 0 Å². The molecule has 0 aliphatic carbocycles. The van der Waals surface area contributed by atoms with Crippen LogP contribution in [0.3, 0.4) is 0 Å². The molecule has 0 aromatic heterocycles. The smallest absolute Gasteiger partial charge is 0.386 e. The van der Waals surface area contributed by atoms with Crippen molar-refractivity contribution in [3.8, 4) is 0 Å². The van der Waals surface area contributed by atoms with Gasteiger partial charge in [-0.1, -0.05) is 11.6 Å². The van der Waals surface area contributed by atoms with Crippen LogP contribution in [0.25, 0.3) is 4.98 Å². The average molecular weight is 184 g/mol. The van der Waals surface area contributed by atoms with Crippen LogP contribution in [0.4, 0.5) is 5.69 Å². The molecule has 5 heteroatoms. The van der Waals surface area contributed by atoms with Crippen molar-refractivity contribution in [2.75, 3.05) is 0 Å². The van der Waals surface area contributed by atoms with Crippen molar-refractivity contribution in [2.24, 2.45) is 0 Å². The van der Waals surface area contributed by atoms with Crippen molar-refractivity contribution in [1.82, 2.24) is 0 Å². The summed E-state index contributed by atoms with van der Waals surface area (Å²) in [6.45, 7) is 0. The SMILES string of the molecule is N#[N+]c1ccc(Cl)c(C(=O)O)c1. The number of rotatable bonds is 1. The van der Waals surface area contributed by atoms with E-state index in [0.717, 1.165) is 0 Å². The maximum Gasteiger partial charge on any atom is 0.386 e. The number of aromatic carboxylic acids is 1.